The van der Waals surface area contributed by atoms with Gasteiger partial charge in [-0.2, -0.15) is 0 Å². The number of carbonyl (C=O) groups is 1. The summed E-state index contributed by atoms with van der Waals surface area (Å²) in [6.45, 7) is 4.01. The number of nitrogens with zero attached hydrogens (tertiary/aromatic N) is 1. The van der Waals surface area contributed by atoms with Gasteiger partial charge in [-0.3, -0.25) is 9.69 Å². The fourth-order valence-corrected chi connectivity index (χ4v) is 3.64. The molecule has 0 aromatic heterocycles. The number of thioether (sulfide) groups is 1. The Balaban J connectivity index is 1.94. The van der Waals surface area contributed by atoms with Gasteiger partial charge in [0.1, 0.15) is 0 Å². The Morgan fingerprint density at radius 2 is 1.79 bits per heavy atom. The lowest BCUT2D eigenvalue weighted by atomic mass is 10.1. The maximum absolute atomic E-state index is 12.7. The molecule has 0 aliphatic carbocycles. The first-order valence-electron chi connectivity index (χ1n) is 7.24. The average Bonchev–Trinajstić information content (AvgIpc) is 2.80. The van der Waals surface area contributed by atoms with Crippen LogP contribution in [0.15, 0.2) is 41.3 Å². The van der Waals surface area contributed by atoms with Crippen LogP contribution in [0.5, 0.6) is 11.5 Å². The van der Waals surface area contributed by atoms with Crippen LogP contribution in [0.3, 0.4) is 0 Å². The summed E-state index contributed by atoms with van der Waals surface area (Å²) in [4.78, 5) is 14.7. The van der Waals surface area contributed by atoms with Crippen LogP contribution in [-0.2, 0) is 4.79 Å². The lowest BCUT2D eigenvalue weighted by molar-refractivity contribution is -0.113. The van der Waals surface area contributed by atoms with Crippen molar-refractivity contribution in [2.75, 3.05) is 4.90 Å². The van der Waals surface area contributed by atoms with Gasteiger partial charge in [0.05, 0.1) is 10.6 Å². The minimum Gasteiger partial charge on any atom is -0.504 e. The molecule has 3 rings (SSSR count). The fraction of sp³-hybridized carbons (Fsp3) is 0.111. The predicted molar refractivity (Wildman–Crippen MR) is 101 cm³/mol. The summed E-state index contributed by atoms with van der Waals surface area (Å²) in [5.41, 5.74) is 3.61. The highest BCUT2D eigenvalue weighted by Crippen LogP contribution is 2.37. The molecule has 2 N–H and O–H groups in total. The van der Waals surface area contributed by atoms with E-state index < -0.39 is 0 Å². The van der Waals surface area contributed by atoms with Gasteiger partial charge in [-0.25, -0.2) is 0 Å². The molecule has 2 aromatic rings. The molecular formula is C18H15NO3S2. The normalized spacial score (nSPS) is 16.2. The van der Waals surface area contributed by atoms with Crippen LogP contribution in [0, 0.1) is 13.8 Å². The van der Waals surface area contributed by atoms with Crippen molar-refractivity contribution in [1.82, 2.24) is 0 Å². The lowest BCUT2D eigenvalue weighted by Crippen LogP contribution is -2.27. The second-order valence-electron chi connectivity index (χ2n) is 5.53. The highest BCUT2D eigenvalue weighted by atomic mass is 32.2. The number of amides is 1. The van der Waals surface area contributed by atoms with Crippen LogP contribution in [0.2, 0.25) is 0 Å². The van der Waals surface area contributed by atoms with Crippen LogP contribution < -0.4 is 4.90 Å². The number of aromatic hydroxyl groups is 2. The van der Waals surface area contributed by atoms with Gasteiger partial charge in [0.25, 0.3) is 5.91 Å². The summed E-state index contributed by atoms with van der Waals surface area (Å²) in [7, 11) is 0. The van der Waals surface area contributed by atoms with E-state index in [1.807, 2.05) is 32.0 Å². The van der Waals surface area contributed by atoms with Gasteiger partial charge < -0.3 is 10.2 Å². The zero-order valence-corrected chi connectivity index (χ0v) is 14.7. The van der Waals surface area contributed by atoms with Gasteiger partial charge >= 0.3 is 0 Å². The number of benzene rings is 2. The largest absolute Gasteiger partial charge is 0.504 e. The molecule has 122 valence electrons. The number of phenols is 2. The Bertz CT molecular complexity index is 890. The fourth-order valence-electron chi connectivity index (χ4n) is 2.34. The number of aryl methyl sites for hydroxylation is 2. The van der Waals surface area contributed by atoms with E-state index in [-0.39, 0.29) is 17.4 Å². The van der Waals surface area contributed by atoms with Crippen molar-refractivity contribution in [2.24, 2.45) is 0 Å². The van der Waals surface area contributed by atoms with Gasteiger partial charge in [-0.05, 0) is 60.9 Å². The van der Waals surface area contributed by atoms with Crippen molar-refractivity contribution in [1.29, 1.82) is 0 Å². The minimum atomic E-state index is -0.228. The van der Waals surface area contributed by atoms with Gasteiger partial charge in [0, 0.05) is 0 Å². The van der Waals surface area contributed by atoms with Gasteiger partial charge in [-0.15, -0.1) is 0 Å². The number of hydrogen-bond donors (Lipinski definition) is 2. The van der Waals surface area contributed by atoms with Crippen LogP contribution >= 0.6 is 24.0 Å². The van der Waals surface area contributed by atoms with E-state index in [2.05, 4.69) is 0 Å². The smallest absolute Gasteiger partial charge is 0.270 e. The Morgan fingerprint density at radius 3 is 2.46 bits per heavy atom. The zero-order chi connectivity index (χ0) is 17.4. The van der Waals surface area contributed by atoms with E-state index in [9.17, 15) is 15.0 Å². The molecule has 2 aromatic carbocycles. The molecule has 0 saturated carbocycles. The average molecular weight is 357 g/mol. The second kappa shape index (κ2) is 6.30. The third-order valence-electron chi connectivity index (χ3n) is 3.84. The summed E-state index contributed by atoms with van der Waals surface area (Å²) >= 11 is 6.57. The molecular weight excluding hydrogens is 342 g/mol. The summed E-state index contributed by atoms with van der Waals surface area (Å²) in [6, 6.07) is 10.2. The number of anilines is 1. The summed E-state index contributed by atoms with van der Waals surface area (Å²) in [6.07, 6.45) is 1.65. The van der Waals surface area contributed by atoms with E-state index >= 15 is 0 Å². The summed E-state index contributed by atoms with van der Waals surface area (Å²) < 4.78 is 0.470. The monoisotopic (exact) mass is 357 g/mol. The molecule has 0 unspecified atom stereocenters. The van der Waals surface area contributed by atoms with Crippen molar-refractivity contribution >= 4 is 46.0 Å². The molecule has 1 heterocycles. The predicted octanol–water partition coefficient (Wildman–Crippen LogP) is 4.12. The number of rotatable bonds is 2. The van der Waals surface area contributed by atoms with Gasteiger partial charge in [-0.1, -0.05) is 36.1 Å². The molecule has 1 saturated heterocycles. The van der Waals surface area contributed by atoms with Gasteiger partial charge in [0.15, 0.2) is 15.8 Å². The maximum Gasteiger partial charge on any atom is 0.270 e. The highest BCUT2D eigenvalue weighted by Gasteiger charge is 2.33. The number of phenolic OH excluding ortho intramolecular Hbond substituents is 2. The van der Waals surface area contributed by atoms with Crippen molar-refractivity contribution in [3.05, 3.63) is 58.0 Å². The molecule has 0 radical (unpaired) electrons. The topological polar surface area (TPSA) is 60.8 Å². The van der Waals surface area contributed by atoms with Crippen LogP contribution in [0.25, 0.3) is 6.08 Å². The number of thiocarbonyl (C=S) groups is 1. The molecule has 0 bridgehead atoms. The van der Waals surface area contributed by atoms with E-state index in [4.69, 9.17) is 12.2 Å². The highest BCUT2D eigenvalue weighted by molar-refractivity contribution is 8.27. The van der Waals surface area contributed by atoms with Crippen LogP contribution in [0.1, 0.15) is 16.7 Å². The first kappa shape index (κ1) is 16.5. The first-order chi connectivity index (χ1) is 11.4. The van der Waals surface area contributed by atoms with Crippen LogP contribution in [0.4, 0.5) is 5.69 Å². The number of hydrogen-bond acceptors (Lipinski definition) is 5. The van der Waals surface area contributed by atoms with E-state index in [1.165, 1.54) is 28.8 Å². The summed E-state index contributed by atoms with van der Waals surface area (Å²) in [5, 5.41) is 18.9. The Kier molecular flexibility index (Phi) is 4.34. The van der Waals surface area contributed by atoms with Crippen LogP contribution in [-0.4, -0.2) is 20.4 Å². The number of carbonyl (C=O) groups excluding carboxylic acids is 1. The maximum atomic E-state index is 12.7. The van der Waals surface area contributed by atoms with E-state index in [0.717, 1.165) is 16.8 Å². The van der Waals surface area contributed by atoms with E-state index in [1.54, 1.807) is 12.1 Å². The van der Waals surface area contributed by atoms with Crippen molar-refractivity contribution in [3.63, 3.8) is 0 Å². The zero-order valence-electron chi connectivity index (χ0n) is 13.1. The minimum absolute atomic E-state index is 0.194. The second-order valence-corrected chi connectivity index (χ2v) is 7.21. The third-order valence-corrected chi connectivity index (χ3v) is 5.14. The summed E-state index contributed by atoms with van der Waals surface area (Å²) in [5.74, 6) is -0.621. The quantitative estimate of drug-likeness (QED) is 0.481. The Morgan fingerprint density at radius 1 is 1.04 bits per heavy atom. The van der Waals surface area contributed by atoms with Crippen molar-refractivity contribution in [3.8, 4) is 11.5 Å². The lowest BCUT2D eigenvalue weighted by Gasteiger charge is -2.15. The molecule has 0 spiro atoms. The Labute approximate surface area is 149 Å². The molecule has 4 nitrogen and oxygen atoms in total. The standard InChI is InChI=1S/C18H15NO3S2/c1-10-3-5-13(7-11(10)2)19-17(22)16(24-18(19)23)9-12-4-6-14(20)15(21)8-12/h3-9,20-21H,1-2H3/b16-9-. The van der Waals surface area contributed by atoms with Crippen molar-refractivity contribution in [2.45, 2.75) is 13.8 Å². The molecule has 1 aliphatic heterocycles. The SMILES string of the molecule is Cc1ccc(N2C(=O)/C(=C/c3ccc(O)c(O)c3)SC2=S)cc1C. The van der Waals surface area contributed by atoms with E-state index in [0.29, 0.717) is 14.8 Å². The molecule has 6 heteroatoms. The van der Waals surface area contributed by atoms with Crippen molar-refractivity contribution < 1.29 is 15.0 Å². The molecule has 1 aliphatic rings. The molecule has 0 atom stereocenters. The molecule has 1 amide bonds. The molecule has 1 fully saturated rings. The van der Waals surface area contributed by atoms with Gasteiger partial charge in [0.2, 0.25) is 0 Å². The Hall–Kier alpha value is -2.31. The third kappa shape index (κ3) is 3.02. The molecule has 24 heavy (non-hydrogen) atoms. The first-order valence-corrected chi connectivity index (χ1v) is 8.46.